The fraction of sp³-hybridized carbons (Fsp3) is 0.375. The van der Waals surface area contributed by atoms with Gasteiger partial charge in [0.05, 0.1) is 34.7 Å². The molecule has 24 heavy (non-hydrogen) atoms. The number of aromatic nitrogens is 4. The van der Waals surface area contributed by atoms with Gasteiger partial charge in [-0.15, -0.1) is 5.10 Å². The Kier molecular flexibility index (Phi) is 4.48. The van der Waals surface area contributed by atoms with Crippen LogP contribution in [0.15, 0.2) is 12.1 Å². The largest absolute Gasteiger partial charge is 0.340 e. The molecule has 2 N–H and O–H groups in total. The highest BCUT2D eigenvalue weighted by Crippen LogP contribution is 2.17. The van der Waals surface area contributed by atoms with E-state index in [2.05, 4.69) is 50.9 Å². The van der Waals surface area contributed by atoms with Crippen molar-refractivity contribution >= 4 is 28.6 Å². The van der Waals surface area contributed by atoms with Crippen LogP contribution in [0.1, 0.15) is 27.5 Å². The number of benzene rings is 1. The van der Waals surface area contributed by atoms with Gasteiger partial charge in [0.15, 0.2) is 0 Å². The van der Waals surface area contributed by atoms with Crippen LogP contribution in [0.2, 0.25) is 0 Å². The highest BCUT2D eigenvalue weighted by molar-refractivity contribution is 7.05. The first-order valence-corrected chi connectivity index (χ1v) is 8.44. The smallest absolute Gasteiger partial charge is 0.317 e. The summed E-state index contributed by atoms with van der Waals surface area (Å²) < 4.78 is 3.86. The molecule has 0 spiro atoms. The molecule has 0 unspecified atom stereocenters. The van der Waals surface area contributed by atoms with Gasteiger partial charge >= 0.3 is 6.03 Å². The van der Waals surface area contributed by atoms with E-state index in [-0.39, 0.29) is 6.03 Å². The molecule has 3 rings (SSSR count). The van der Waals surface area contributed by atoms with Crippen LogP contribution in [0.3, 0.4) is 0 Å². The number of aromatic amines is 1. The minimum absolute atomic E-state index is 0.157. The summed E-state index contributed by atoms with van der Waals surface area (Å²) in [7, 11) is 1.75. The Morgan fingerprint density at radius 3 is 2.75 bits per heavy atom. The van der Waals surface area contributed by atoms with Gasteiger partial charge in [-0.1, -0.05) is 4.49 Å². The Balaban J connectivity index is 1.64. The van der Waals surface area contributed by atoms with E-state index in [4.69, 9.17) is 0 Å². The lowest BCUT2D eigenvalue weighted by Gasteiger charge is -2.16. The van der Waals surface area contributed by atoms with Crippen LogP contribution in [-0.4, -0.2) is 37.5 Å². The van der Waals surface area contributed by atoms with E-state index in [1.165, 1.54) is 22.7 Å². The van der Waals surface area contributed by atoms with Crippen molar-refractivity contribution in [1.82, 2.24) is 29.8 Å². The topological polar surface area (TPSA) is 86.8 Å². The lowest BCUT2D eigenvalue weighted by molar-refractivity contribution is 0.205. The zero-order valence-corrected chi connectivity index (χ0v) is 15.0. The molecular formula is C16H20N6OS. The van der Waals surface area contributed by atoms with E-state index in [1.807, 2.05) is 6.92 Å². The summed E-state index contributed by atoms with van der Waals surface area (Å²) in [6.07, 6.45) is 0. The first-order valence-electron chi connectivity index (χ1n) is 7.66. The maximum Gasteiger partial charge on any atom is 0.317 e. The number of nitrogens with zero attached hydrogens (tertiary/aromatic N) is 4. The van der Waals surface area contributed by atoms with Crippen molar-refractivity contribution in [2.45, 2.75) is 33.9 Å². The molecule has 2 aromatic heterocycles. The minimum atomic E-state index is -0.157. The van der Waals surface area contributed by atoms with E-state index < -0.39 is 0 Å². The average molecular weight is 344 g/mol. The number of carbonyl (C=O) groups is 1. The molecule has 0 saturated carbocycles. The number of rotatable bonds is 4. The zero-order chi connectivity index (χ0) is 17.3. The van der Waals surface area contributed by atoms with Gasteiger partial charge in [-0.3, -0.25) is 0 Å². The monoisotopic (exact) mass is 344 g/mol. The molecule has 2 amide bonds. The second-order valence-corrected chi connectivity index (χ2v) is 6.77. The molecule has 0 aliphatic rings. The highest BCUT2D eigenvalue weighted by Gasteiger charge is 2.13. The molecule has 0 aliphatic heterocycles. The number of imidazole rings is 1. The molecule has 1 aromatic carbocycles. The first kappa shape index (κ1) is 16.4. The summed E-state index contributed by atoms with van der Waals surface area (Å²) in [5.74, 6) is 0.767. The van der Waals surface area contributed by atoms with Gasteiger partial charge in [0.2, 0.25) is 0 Å². The van der Waals surface area contributed by atoms with Crippen molar-refractivity contribution in [3.05, 3.63) is 39.7 Å². The lowest BCUT2D eigenvalue weighted by Crippen LogP contribution is -2.36. The summed E-state index contributed by atoms with van der Waals surface area (Å²) in [6.45, 7) is 6.88. The molecule has 0 fully saturated rings. The Morgan fingerprint density at radius 2 is 2.04 bits per heavy atom. The number of hydrogen-bond acceptors (Lipinski definition) is 5. The van der Waals surface area contributed by atoms with Crippen LogP contribution >= 0.6 is 11.5 Å². The van der Waals surface area contributed by atoms with E-state index in [0.29, 0.717) is 13.1 Å². The third-order valence-corrected chi connectivity index (χ3v) is 4.85. The maximum atomic E-state index is 12.2. The van der Waals surface area contributed by atoms with Crippen LogP contribution in [0.25, 0.3) is 11.0 Å². The number of fused-ring (bicyclic) bond motifs is 1. The number of hydrogen-bond donors (Lipinski definition) is 2. The fourth-order valence-corrected chi connectivity index (χ4v) is 2.97. The number of H-pyrrole nitrogens is 1. The van der Waals surface area contributed by atoms with Crippen LogP contribution < -0.4 is 5.32 Å². The molecule has 8 heteroatoms. The molecule has 7 nitrogen and oxygen atoms in total. The molecular weight excluding hydrogens is 324 g/mol. The zero-order valence-electron chi connectivity index (χ0n) is 14.2. The SMILES string of the molecule is Cc1cc2nc(CN(C)C(=O)NCc3snnc3C)[nH]c2cc1C. The van der Waals surface area contributed by atoms with Gasteiger partial charge in [-0.2, -0.15) is 0 Å². The number of nitrogens with one attached hydrogen (secondary N) is 2. The summed E-state index contributed by atoms with van der Waals surface area (Å²) in [5, 5.41) is 6.81. The van der Waals surface area contributed by atoms with Crippen molar-refractivity contribution in [3.8, 4) is 0 Å². The molecule has 0 bridgehead atoms. The number of amides is 2. The molecule has 0 saturated heterocycles. The van der Waals surface area contributed by atoms with Gasteiger partial charge in [-0.05, 0) is 55.6 Å². The second-order valence-electron chi connectivity index (χ2n) is 5.93. The standard InChI is InChI=1S/C16H20N6OS/c1-9-5-12-13(6-10(9)2)19-15(18-12)8-22(4)16(23)17-7-14-11(3)20-21-24-14/h5-6H,7-8H2,1-4H3,(H,17,23)(H,18,19). The summed E-state index contributed by atoms with van der Waals surface area (Å²) in [6, 6.07) is 3.99. The van der Waals surface area contributed by atoms with Crippen molar-refractivity contribution in [2.24, 2.45) is 0 Å². The normalized spacial score (nSPS) is 11.0. The Hall–Kier alpha value is -2.48. The molecule has 0 aliphatic carbocycles. The minimum Gasteiger partial charge on any atom is -0.340 e. The van der Waals surface area contributed by atoms with Crippen molar-refractivity contribution < 1.29 is 4.79 Å². The molecule has 126 valence electrons. The van der Waals surface area contributed by atoms with Crippen LogP contribution in [0, 0.1) is 20.8 Å². The Bertz CT molecular complexity index is 845. The predicted octanol–water partition coefficient (Wildman–Crippen LogP) is 2.68. The number of aryl methyl sites for hydroxylation is 3. The molecule has 2 heterocycles. The first-order chi connectivity index (χ1) is 11.4. The predicted molar refractivity (Wildman–Crippen MR) is 93.9 cm³/mol. The number of carbonyl (C=O) groups excluding carboxylic acids is 1. The summed E-state index contributed by atoms with van der Waals surface area (Å²) in [5.41, 5.74) is 5.20. The van der Waals surface area contributed by atoms with Gasteiger partial charge < -0.3 is 15.2 Å². The molecule has 0 radical (unpaired) electrons. The van der Waals surface area contributed by atoms with Gasteiger partial charge in [0.1, 0.15) is 5.82 Å². The van der Waals surface area contributed by atoms with Crippen molar-refractivity contribution in [1.29, 1.82) is 0 Å². The maximum absolute atomic E-state index is 12.2. The van der Waals surface area contributed by atoms with Crippen LogP contribution in [0.4, 0.5) is 4.79 Å². The van der Waals surface area contributed by atoms with Crippen LogP contribution in [-0.2, 0) is 13.1 Å². The van der Waals surface area contributed by atoms with E-state index in [9.17, 15) is 4.79 Å². The third kappa shape index (κ3) is 3.38. The third-order valence-electron chi connectivity index (χ3n) is 4.03. The number of urea groups is 1. The van der Waals surface area contributed by atoms with E-state index >= 15 is 0 Å². The highest BCUT2D eigenvalue weighted by atomic mass is 32.1. The molecule has 0 atom stereocenters. The quantitative estimate of drug-likeness (QED) is 0.762. The summed E-state index contributed by atoms with van der Waals surface area (Å²) >= 11 is 1.30. The average Bonchev–Trinajstić information content (AvgIpc) is 3.11. The lowest BCUT2D eigenvalue weighted by atomic mass is 10.1. The van der Waals surface area contributed by atoms with Crippen molar-refractivity contribution in [2.75, 3.05) is 7.05 Å². The van der Waals surface area contributed by atoms with Gasteiger partial charge in [-0.25, -0.2) is 9.78 Å². The van der Waals surface area contributed by atoms with Gasteiger partial charge in [0.25, 0.3) is 0 Å². The van der Waals surface area contributed by atoms with Crippen molar-refractivity contribution in [3.63, 3.8) is 0 Å². The van der Waals surface area contributed by atoms with E-state index in [0.717, 1.165) is 27.4 Å². The second kappa shape index (κ2) is 6.56. The van der Waals surface area contributed by atoms with E-state index in [1.54, 1.807) is 11.9 Å². The Labute approximate surface area is 144 Å². The van der Waals surface area contributed by atoms with Gasteiger partial charge in [0, 0.05) is 7.05 Å². The molecule has 3 aromatic rings. The Morgan fingerprint density at radius 1 is 1.29 bits per heavy atom. The summed E-state index contributed by atoms with van der Waals surface area (Å²) in [4.78, 5) is 22.6. The fourth-order valence-electron chi connectivity index (χ4n) is 2.40. The van der Waals surface area contributed by atoms with Crippen LogP contribution in [0.5, 0.6) is 0 Å².